The van der Waals surface area contributed by atoms with Crippen LogP contribution in [0.1, 0.15) is 20.8 Å². The van der Waals surface area contributed by atoms with Crippen LogP contribution in [0, 0.1) is 0 Å². The molecule has 0 spiro atoms. The molecule has 0 amide bonds. The summed E-state index contributed by atoms with van der Waals surface area (Å²) in [5, 5.41) is 9.71. The Bertz CT molecular complexity index is 95.8. The molecule has 0 saturated heterocycles. The first kappa shape index (κ1) is 12.1. The molecular formula is C7H21N3OSi. The Balaban J connectivity index is 4.06. The molecule has 0 aromatic heterocycles. The van der Waals surface area contributed by atoms with Crippen LogP contribution in [0.4, 0.5) is 0 Å². The van der Waals surface area contributed by atoms with Crippen molar-refractivity contribution in [2.45, 2.75) is 26.7 Å². The van der Waals surface area contributed by atoms with Crippen LogP contribution < -0.4 is 16.0 Å². The summed E-state index contributed by atoms with van der Waals surface area (Å²) in [6, 6.07) is 0. The van der Waals surface area contributed by atoms with Crippen LogP contribution in [0.3, 0.4) is 0 Å². The Labute approximate surface area is 78.0 Å². The van der Waals surface area contributed by atoms with E-state index in [0.29, 0.717) is 10.5 Å². The lowest BCUT2D eigenvalue weighted by atomic mass is 10.5. The van der Waals surface area contributed by atoms with Gasteiger partial charge in [0.05, 0.1) is 0 Å². The maximum Gasteiger partial charge on any atom is 0.225 e. The second-order valence-corrected chi connectivity index (χ2v) is 2.88. The SMILES string of the molecule is CCNC(NCC)(NCC)O[SiH3]. The summed E-state index contributed by atoms with van der Waals surface area (Å²) in [5.74, 6) is -0.496. The monoisotopic (exact) mass is 191 g/mol. The second kappa shape index (κ2) is 6.56. The van der Waals surface area contributed by atoms with Gasteiger partial charge in [-0.2, -0.15) is 0 Å². The van der Waals surface area contributed by atoms with Crippen molar-refractivity contribution >= 4 is 10.5 Å². The van der Waals surface area contributed by atoms with Gasteiger partial charge in [0.25, 0.3) is 0 Å². The van der Waals surface area contributed by atoms with E-state index < -0.39 is 5.97 Å². The maximum absolute atomic E-state index is 5.46. The molecule has 0 aliphatic rings. The van der Waals surface area contributed by atoms with E-state index in [4.69, 9.17) is 4.43 Å². The molecule has 74 valence electrons. The van der Waals surface area contributed by atoms with Crippen molar-refractivity contribution in [3.63, 3.8) is 0 Å². The van der Waals surface area contributed by atoms with Crippen LogP contribution in [0.2, 0.25) is 0 Å². The number of hydrogen-bond donors (Lipinski definition) is 3. The molecule has 12 heavy (non-hydrogen) atoms. The number of hydrogen-bond acceptors (Lipinski definition) is 4. The van der Waals surface area contributed by atoms with Gasteiger partial charge >= 0.3 is 0 Å². The Morgan fingerprint density at radius 2 is 1.33 bits per heavy atom. The lowest BCUT2D eigenvalue weighted by Gasteiger charge is -2.34. The highest BCUT2D eigenvalue weighted by molar-refractivity contribution is 5.98. The summed E-state index contributed by atoms with van der Waals surface area (Å²) in [4.78, 5) is 0. The molecule has 0 rings (SSSR count). The molecule has 0 aromatic carbocycles. The van der Waals surface area contributed by atoms with Crippen molar-refractivity contribution < 1.29 is 4.43 Å². The lowest BCUT2D eigenvalue weighted by Crippen LogP contribution is -2.67. The van der Waals surface area contributed by atoms with Gasteiger partial charge in [-0.1, -0.05) is 20.8 Å². The minimum Gasteiger partial charge on any atom is -0.387 e. The smallest absolute Gasteiger partial charge is 0.225 e. The lowest BCUT2D eigenvalue weighted by molar-refractivity contribution is -0.0230. The molecule has 0 bridgehead atoms. The molecule has 4 nitrogen and oxygen atoms in total. The molecule has 0 fully saturated rings. The largest absolute Gasteiger partial charge is 0.387 e. The van der Waals surface area contributed by atoms with Crippen molar-refractivity contribution in [2.24, 2.45) is 0 Å². The van der Waals surface area contributed by atoms with Crippen LogP contribution in [0.15, 0.2) is 0 Å². The van der Waals surface area contributed by atoms with E-state index in [-0.39, 0.29) is 0 Å². The van der Waals surface area contributed by atoms with E-state index >= 15 is 0 Å². The average molecular weight is 191 g/mol. The first-order valence-corrected chi connectivity index (χ1v) is 5.36. The van der Waals surface area contributed by atoms with Crippen LogP contribution in [0.25, 0.3) is 0 Å². The van der Waals surface area contributed by atoms with Gasteiger partial charge in [0.1, 0.15) is 0 Å². The maximum atomic E-state index is 5.46. The molecule has 0 radical (unpaired) electrons. The van der Waals surface area contributed by atoms with Gasteiger partial charge in [-0.15, -0.1) is 0 Å². The Hall–Kier alpha value is 0.0569. The molecule has 0 aliphatic carbocycles. The minimum atomic E-state index is -0.496. The Kier molecular flexibility index (Phi) is 6.59. The summed E-state index contributed by atoms with van der Waals surface area (Å²) in [6.45, 7) is 8.81. The summed E-state index contributed by atoms with van der Waals surface area (Å²) in [7, 11) is 0.701. The van der Waals surface area contributed by atoms with Crippen LogP contribution >= 0.6 is 0 Å². The molecule has 5 heteroatoms. The predicted molar refractivity (Wildman–Crippen MR) is 54.8 cm³/mol. The van der Waals surface area contributed by atoms with Crippen molar-refractivity contribution in [1.29, 1.82) is 0 Å². The first-order chi connectivity index (χ1) is 5.74. The molecule has 0 aromatic rings. The standard InChI is InChI=1S/C7H21N3OSi/c1-4-8-7(11-12,9-5-2)10-6-3/h8-10H,4-6H2,1-3,12H3. The summed E-state index contributed by atoms with van der Waals surface area (Å²) in [5.41, 5.74) is 0. The van der Waals surface area contributed by atoms with Crippen LogP contribution in [-0.2, 0) is 4.43 Å². The fourth-order valence-corrected chi connectivity index (χ4v) is 1.58. The van der Waals surface area contributed by atoms with Crippen molar-refractivity contribution in [1.82, 2.24) is 16.0 Å². The highest BCUT2D eigenvalue weighted by atomic mass is 28.2. The van der Waals surface area contributed by atoms with Crippen LogP contribution in [0.5, 0.6) is 0 Å². The van der Waals surface area contributed by atoms with E-state index in [1.165, 1.54) is 0 Å². The van der Waals surface area contributed by atoms with Gasteiger partial charge in [-0.25, -0.2) is 0 Å². The molecular weight excluding hydrogens is 170 g/mol. The molecule has 3 N–H and O–H groups in total. The quantitative estimate of drug-likeness (QED) is 0.347. The van der Waals surface area contributed by atoms with E-state index in [1.54, 1.807) is 0 Å². The van der Waals surface area contributed by atoms with Gasteiger partial charge in [-0.3, -0.25) is 16.0 Å². The highest BCUT2D eigenvalue weighted by Crippen LogP contribution is 1.94. The topological polar surface area (TPSA) is 45.3 Å². The van der Waals surface area contributed by atoms with Gasteiger partial charge in [-0.05, 0) is 19.6 Å². The molecule has 0 heterocycles. The molecule has 0 atom stereocenters. The minimum absolute atomic E-state index is 0.496. The zero-order chi connectivity index (χ0) is 9.45. The third-order valence-electron chi connectivity index (χ3n) is 1.58. The van der Waals surface area contributed by atoms with Crippen molar-refractivity contribution in [3.8, 4) is 0 Å². The average Bonchev–Trinajstić information content (AvgIpc) is 2.06. The van der Waals surface area contributed by atoms with E-state index in [2.05, 4.69) is 36.7 Å². The van der Waals surface area contributed by atoms with Gasteiger partial charge in [0.2, 0.25) is 5.97 Å². The third kappa shape index (κ3) is 3.64. The third-order valence-corrected chi connectivity index (χ3v) is 2.20. The van der Waals surface area contributed by atoms with Crippen molar-refractivity contribution in [2.75, 3.05) is 19.6 Å². The first-order valence-electron chi connectivity index (χ1n) is 4.54. The van der Waals surface area contributed by atoms with E-state index in [9.17, 15) is 0 Å². The zero-order valence-corrected chi connectivity index (χ0v) is 10.5. The molecule has 0 unspecified atom stereocenters. The Morgan fingerprint density at radius 3 is 1.50 bits per heavy atom. The van der Waals surface area contributed by atoms with Crippen LogP contribution in [-0.4, -0.2) is 36.1 Å². The summed E-state index contributed by atoms with van der Waals surface area (Å²) in [6.07, 6.45) is 0. The normalized spacial score (nSPS) is 12.2. The van der Waals surface area contributed by atoms with Gasteiger partial charge < -0.3 is 4.43 Å². The zero-order valence-electron chi connectivity index (χ0n) is 8.53. The van der Waals surface area contributed by atoms with Gasteiger partial charge in [0.15, 0.2) is 10.5 Å². The second-order valence-electron chi connectivity index (χ2n) is 2.48. The number of nitrogens with one attached hydrogen (secondary N) is 3. The predicted octanol–water partition coefficient (Wildman–Crippen LogP) is -1.28. The van der Waals surface area contributed by atoms with E-state index in [0.717, 1.165) is 19.6 Å². The number of rotatable bonds is 7. The van der Waals surface area contributed by atoms with Crippen molar-refractivity contribution in [3.05, 3.63) is 0 Å². The highest BCUT2D eigenvalue weighted by Gasteiger charge is 2.24. The molecule has 0 aliphatic heterocycles. The molecule has 0 saturated carbocycles. The summed E-state index contributed by atoms with van der Waals surface area (Å²) < 4.78 is 5.46. The fourth-order valence-electron chi connectivity index (χ4n) is 1.15. The van der Waals surface area contributed by atoms with Gasteiger partial charge in [0, 0.05) is 0 Å². The fraction of sp³-hybridized carbons (Fsp3) is 1.00. The summed E-state index contributed by atoms with van der Waals surface area (Å²) >= 11 is 0. The van der Waals surface area contributed by atoms with E-state index in [1.807, 2.05) is 0 Å². The Morgan fingerprint density at radius 1 is 1.00 bits per heavy atom.